The van der Waals surface area contributed by atoms with Crippen LogP contribution in [0.25, 0.3) is 0 Å². The van der Waals surface area contributed by atoms with Gasteiger partial charge in [0, 0.05) is 24.2 Å². The molecule has 0 amide bonds. The molecule has 3 nitrogen and oxygen atoms in total. The van der Waals surface area contributed by atoms with Crippen molar-refractivity contribution < 1.29 is 0 Å². The number of hydrogen-bond acceptors (Lipinski definition) is 3. The van der Waals surface area contributed by atoms with E-state index in [2.05, 4.69) is 32.3 Å². The van der Waals surface area contributed by atoms with E-state index in [1.165, 1.54) is 16.8 Å². The number of hydrogen-bond donors (Lipinski definition) is 2. The molecule has 0 spiro atoms. The van der Waals surface area contributed by atoms with Crippen molar-refractivity contribution in [3.05, 3.63) is 39.8 Å². The van der Waals surface area contributed by atoms with Crippen molar-refractivity contribution in [2.75, 3.05) is 6.54 Å². The fourth-order valence-corrected chi connectivity index (χ4v) is 2.65. The summed E-state index contributed by atoms with van der Waals surface area (Å²) in [5.74, 6) is 0. The summed E-state index contributed by atoms with van der Waals surface area (Å²) in [6, 6.07) is 2.51. The van der Waals surface area contributed by atoms with Crippen molar-refractivity contribution in [1.82, 2.24) is 15.5 Å². The van der Waals surface area contributed by atoms with Gasteiger partial charge in [0.05, 0.1) is 12.2 Å². The molecule has 14 heavy (non-hydrogen) atoms. The standard InChI is InChI=1S/C10H11N3S/c1-3-11-10(7-2-4-14-6-7)8-5-12-13-9(1)8/h2,4-6,10-11H,1,3H2,(H,12,13). The fourth-order valence-electron chi connectivity index (χ4n) is 1.96. The molecular formula is C10H11N3S. The first-order valence-corrected chi connectivity index (χ1v) is 5.67. The minimum absolute atomic E-state index is 0.337. The zero-order valence-electron chi connectivity index (χ0n) is 7.66. The molecule has 0 radical (unpaired) electrons. The third-order valence-corrected chi connectivity index (χ3v) is 3.36. The first-order chi connectivity index (χ1) is 6.95. The van der Waals surface area contributed by atoms with Crippen molar-refractivity contribution in [3.63, 3.8) is 0 Å². The van der Waals surface area contributed by atoms with E-state index in [9.17, 15) is 0 Å². The van der Waals surface area contributed by atoms with E-state index in [1.807, 2.05) is 6.20 Å². The van der Waals surface area contributed by atoms with Crippen LogP contribution in [0.3, 0.4) is 0 Å². The van der Waals surface area contributed by atoms with Crippen LogP contribution in [0.15, 0.2) is 23.0 Å². The second kappa shape index (κ2) is 3.22. The molecule has 0 saturated heterocycles. The van der Waals surface area contributed by atoms with Gasteiger partial charge in [-0.05, 0) is 22.4 Å². The molecule has 0 aliphatic carbocycles. The number of thiophene rings is 1. The number of rotatable bonds is 1. The van der Waals surface area contributed by atoms with E-state index < -0.39 is 0 Å². The molecular weight excluding hydrogens is 194 g/mol. The molecule has 2 aromatic heterocycles. The van der Waals surface area contributed by atoms with Crippen molar-refractivity contribution in [2.24, 2.45) is 0 Å². The Labute approximate surface area is 86.2 Å². The van der Waals surface area contributed by atoms with Crippen molar-refractivity contribution in [3.8, 4) is 0 Å². The van der Waals surface area contributed by atoms with Gasteiger partial charge in [0.25, 0.3) is 0 Å². The average molecular weight is 205 g/mol. The Bertz CT molecular complexity index is 418. The van der Waals surface area contributed by atoms with E-state index in [0.29, 0.717) is 6.04 Å². The third kappa shape index (κ3) is 1.19. The Balaban J connectivity index is 2.04. The van der Waals surface area contributed by atoms with Crippen molar-refractivity contribution >= 4 is 11.3 Å². The molecule has 1 aliphatic heterocycles. The van der Waals surface area contributed by atoms with Gasteiger partial charge in [0.15, 0.2) is 0 Å². The SMILES string of the molecule is c1cc(C2NCCc3[nH]ncc32)cs1. The van der Waals surface area contributed by atoms with Crippen LogP contribution in [0.5, 0.6) is 0 Å². The van der Waals surface area contributed by atoms with Crippen LogP contribution in [-0.2, 0) is 6.42 Å². The van der Waals surface area contributed by atoms with Crippen LogP contribution in [0.4, 0.5) is 0 Å². The van der Waals surface area contributed by atoms with Gasteiger partial charge in [-0.3, -0.25) is 5.10 Å². The van der Waals surface area contributed by atoms with Crippen molar-refractivity contribution in [1.29, 1.82) is 0 Å². The summed E-state index contributed by atoms with van der Waals surface area (Å²) in [6.45, 7) is 1.02. The molecule has 72 valence electrons. The van der Waals surface area contributed by atoms with Crippen LogP contribution >= 0.6 is 11.3 Å². The first-order valence-electron chi connectivity index (χ1n) is 4.73. The zero-order valence-corrected chi connectivity index (χ0v) is 8.47. The van der Waals surface area contributed by atoms with Gasteiger partial charge in [0.2, 0.25) is 0 Å². The Morgan fingerprint density at radius 3 is 3.36 bits per heavy atom. The summed E-state index contributed by atoms with van der Waals surface area (Å²) in [7, 11) is 0. The molecule has 2 N–H and O–H groups in total. The highest BCUT2D eigenvalue weighted by Gasteiger charge is 2.22. The summed E-state index contributed by atoms with van der Waals surface area (Å²) in [4.78, 5) is 0. The summed E-state index contributed by atoms with van der Waals surface area (Å²) in [6.07, 6.45) is 2.99. The normalized spacial score (nSPS) is 20.7. The van der Waals surface area contributed by atoms with E-state index in [0.717, 1.165) is 13.0 Å². The largest absolute Gasteiger partial charge is 0.306 e. The summed E-state index contributed by atoms with van der Waals surface area (Å²) in [5, 5.41) is 15.0. The lowest BCUT2D eigenvalue weighted by Crippen LogP contribution is -2.29. The number of aromatic nitrogens is 2. The molecule has 0 aromatic carbocycles. The van der Waals surface area contributed by atoms with Gasteiger partial charge in [0.1, 0.15) is 0 Å². The lowest BCUT2D eigenvalue weighted by molar-refractivity contribution is 0.565. The molecule has 4 heteroatoms. The topological polar surface area (TPSA) is 40.7 Å². The van der Waals surface area contributed by atoms with Gasteiger partial charge in [-0.15, -0.1) is 0 Å². The summed E-state index contributed by atoms with van der Waals surface area (Å²) >= 11 is 1.74. The highest BCUT2D eigenvalue weighted by molar-refractivity contribution is 7.08. The average Bonchev–Trinajstić information content (AvgIpc) is 2.88. The lowest BCUT2D eigenvalue weighted by atomic mass is 9.97. The lowest BCUT2D eigenvalue weighted by Gasteiger charge is -2.22. The minimum atomic E-state index is 0.337. The van der Waals surface area contributed by atoms with Crippen LogP contribution in [-0.4, -0.2) is 16.7 Å². The van der Waals surface area contributed by atoms with E-state index in [-0.39, 0.29) is 0 Å². The third-order valence-electron chi connectivity index (χ3n) is 2.66. The number of nitrogens with one attached hydrogen (secondary N) is 2. The zero-order chi connectivity index (χ0) is 9.38. The second-order valence-electron chi connectivity index (χ2n) is 3.50. The van der Waals surface area contributed by atoms with Crippen LogP contribution in [0, 0.1) is 0 Å². The molecule has 3 rings (SSSR count). The predicted octanol–water partition coefficient (Wildman–Crippen LogP) is 1.71. The maximum atomic E-state index is 4.10. The van der Waals surface area contributed by atoms with Gasteiger partial charge in [-0.1, -0.05) is 0 Å². The van der Waals surface area contributed by atoms with Crippen LogP contribution in [0.2, 0.25) is 0 Å². The smallest absolute Gasteiger partial charge is 0.0618 e. The number of H-pyrrole nitrogens is 1. The Hall–Kier alpha value is -1.13. The number of fused-ring (bicyclic) bond motifs is 1. The maximum Gasteiger partial charge on any atom is 0.0618 e. The predicted molar refractivity (Wildman–Crippen MR) is 56.5 cm³/mol. The Kier molecular flexibility index (Phi) is 1.89. The quantitative estimate of drug-likeness (QED) is 0.744. The highest BCUT2D eigenvalue weighted by atomic mass is 32.1. The molecule has 1 atom stereocenters. The molecule has 1 aliphatic rings. The Morgan fingerprint density at radius 1 is 1.50 bits per heavy atom. The van der Waals surface area contributed by atoms with Crippen LogP contribution in [0.1, 0.15) is 22.9 Å². The summed E-state index contributed by atoms with van der Waals surface area (Å²) in [5.41, 5.74) is 3.92. The number of nitrogens with zero attached hydrogens (tertiary/aromatic N) is 1. The molecule has 1 unspecified atom stereocenters. The molecule has 0 bridgehead atoms. The van der Waals surface area contributed by atoms with Gasteiger partial charge in [-0.25, -0.2) is 0 Å². The van der Waals surface area contributed by atoms with Gasteiger partial charge >= 0.3 is 0 Å². The monoisotopic (exact) mass is 205 g/mol. The molecule has 0 saturated carbocycles. The molecule has 0 fully saturated rings. The summed E-state index contributed by atoms with van der Waals surface area (Å²) < 4.78 is 0. The first kappa shape index (κ1) is 8.20. The van der Waals surface area contributed by atoms with Gasteiger partial charge < -0.3 is 5.32 Å². The van der Waals surface area contributed by atoms with Crippen molar-refractivity contribution in [2.45, 2.75) is 12.5 Å². The number of aromatic amines is 1. The van der Waals surface area contributed by atoms with Gasteiger partial charge in [-0.2, -0.15) is 16.4 Å². The molecule has 2 aromatic rings. The van der Waals surface area contributed by atoms with E-state index >= 15 is 0 Å². The highest BCUT2D eigenvalue weighted by Crippen LogP contribution is 2.28. The van der Waals surface area contributed by atoms with E-state index in [1.54, 1.807) is 11.3 Å². The van der Waals surface area contributed by atoms with E-state index in [4.69, 9.17) is 0 Å². The molecule has 3 heterocycles. The second-order valence-corrected chi connectivity index (χ2v) is 4.28. The maximum absolute atomic E-state index is 4.10. The van der Waals surface area contributed by atoms with Crippen LogP contribution < -0.4 is 5.32 Å². The Morgan fingerprint density at radius 2 is 2.50 bits per heavy atom. The fraction of sp³-hybridized carbons (Fsp3) is 0.300. The minimum Gasteiger partial charge on any atom is -0.306 e.